The topological polar surface area (TPSA) is 89.5 Å². The third kappa shape index (κ3) is 3.08. The molecule has 2 unspecified atom stereocenters. The summed E-state index contributed by atoms with van der Waals surface area (Å²) in [5, 5.41) is 2.10. The SMILES string of the molecule is CCOC(=O)CC(=O)NC1CC2CCC(C1)S2(=O)=O. The zero-order chi connectivity index (χ0) is 14.0. The molecule has 7 heteroatoms. The van der Waals surface area contributed by atoms with Gasteiger partial charge in [0, 0.05) is 6.04 Å². The van der Waals surface area contributed by atoms with Crippen molar-refractivity contribution < 1.29 is 22.7 Å². The van der Waals surface area contributed by atoms with Crippen LogP contribution < -0.4 is 5.32 Å². The molecule has 2 saturated heterocycles. The van der Waals surface area contributed by atoms with E-state index < -0.39 is 15.8 Å². The zero-order valence-corrected chi connectivity index (χ0v) is 11.7. The van der Waals surface area contributed by atoms with Crippen molar-refractivity contribution in [2.24, 2.45) is 0 Å². The molecule has 0 aliphatic carbocycles. The van der Waals surface area contributed by atoms with Crippen molar-refractivity contribution in [3.63, 3.8) is 0 Å². The first-order valence-electron chi connectivity index (χ1n) is 6.61. The summed E-state index contributed by atoms with van der Waals surface area (Å²) in [4.78, 5) is 22.8. The van der Waals surface area contributed by atoms with Gasteiger partial charge in [-0.25, -0.2) is 8.42 Å². The Labute approximate surface area is 112 Å². The van der Waals surface area contributed by atoms with Crippen molar-refractivity contribution in [1.82, 2.24) is 5.32 Å². The molecular formula is C12H19NO5S. The molecule has 0 aromatic rings. The highest BCUT2D eigenvalue weighted by molar-refractivity contribution is 7.93. The van der Waals surface area contributed by atoms with E-state index in [0.717, 1.165) is 0 Å². The molecule has 2 atom stereocenters. The Morgan fingerprint density at radius 3 is 2.32 bits per heavy atom. The summed E-state index contributed by atoms with van der Waals surface area (Å²) in [6.07, 6.45) is 2.02. The molecule has 108 valence electrons. The summed E-state index contributed by atoms with van der Waals surface area (Å²) in [7, 11) is -2.97. The minimum Gasteiger partial charge on any atom is -0.466 e. The molecule has 19 heavy (non-hydrogen) atoms. The summed E-state index contributed by atoms with van der Waals surface area (Å²) < 4.78 is 28.5. The second-order valence-corrected chi connectivity index (χ2v) is 7.64. The van der Waals surface area contributed by atoms with Crippen LogP contribution in [0.15, 0.2) is 0 Å². The van der Waals surface area contributed by atoms with Crippen LogP contribution in [0.4, 0.5) is 0 Å². The maximum absolute atomic E-state index is 11.9. The summed E-state index contributed by atoms with van der Waals surface area (Å²) in [6, 6.07) is -0.136. The van der Waals surface area contributed by atoms with Gasteiger partial charge >= 0.3 is 5.97 Å². The highest BCUT2D eigenvalue weighted by Crippen LogP contribution is 2.38. The van der Waals surface area contributed by atoms with E-state index in [9.17, 15) is 18.0 Å². The van der Waals surface area contributed by atoms with Gasteiger partial charge in [0.05, 0.1) is 17.1 Å². The van der Waals surface area contributed by atoms with E-state index in [1.54, 1.807) is 6.92 Å². The number of sulfone groups is 1. The van der Waals surface area contributed by atoms with Crippen molar-refractivity contribution in [3.8, 4) is 0 Å². The van der Waals surface area contributed by atoms with Gasteiger partial charge in [0.2, 0.25) is 5.91 Å². The van der Waals surface area contributed by atoms with Crippen LogP contribution in [-0.4, -0.2) is 43.4 Å². The second-order valence-electron chi connectivity index (χ2n) is 5.13. The fourth-order valence-corrected chi connectivity index (χ4v) is 5.42. The highest BCUT2D eigenvalue weighted by Gasteiger charge is 2.47. The van der Waals surface area contributed by atoms with Crippen molar-refractivity contribution in [2.75, 3.05) is 6.61 Å². The molecule has 2 rings (SSSR count). The second kappa shape index (κ2) is 5.48. The van der Waals surface area contributed by atoms with Gasteiger partial charge in [-0.15, -0.1) is 0 Å². The zero-order valence-electron chi connectivity index (χ0n) is 10.9. The molecule has 2 aliphatic rings. The Kier molecular flexibility index (Phi) is 4.13. The lowest BCUT2D eigenvalue weighted by Gasteiger charge is -2.28. The van der Waals surface area contributed by atoms with Crippen LogP contribution in [0.1, 0.15) is 39.0 Å². The fourth-order valence-electron chi connectivity index (χ4n) is 2.95. The van der Waals surface area contributed by atoms with Crippen LogP contribution in [0.25, 0.3) is 0 Å². The van der Waals surface area contributed by atoms with Crippen LogP contribution in [0.3, 0.4) is 0 Å². The molecule has 2 heterocycles. The normalized spacial score (nSPS) is 31.7. The number of fused-ring (bicyclic) bond motifs is 2. The smallest absolute Gasteiger partial charge is 0.315 e. The predicted octanol–water partition coefficient (Wildman–Crippen LogP) is 0.164. The Morgan fingerprint density at radius 2 is 1.79 bits per heavy atom. The van der Waals surface area contributed by atoms with E-state index >= 15 is 0 Å². The van der Waals surface area contributed by atoms with Gasteiger partial charge in [-0.3, -0.25) is 9.59 Å². The van der Waals surface area contributed by atoms with Gasteiger partial charge in [-0.1, -0.05) is 0 Å². The van der Waals surface area contributed by atoms with Crippen LogP contribution in [0, 0.1) is 0 Å². The first kappa shape index (κ1) is 14.3. The minimum atomic E-state index is -2.97. The Bertz CT molecular complexity index is 453. The number of ether oxygens (including phenoxy) is 1. The lowest BCUT2D eigenvalue weighted by molar-refractivity contribution is -0.146. The average Bonchev–Trinajstić information content (AvgIpc) is 2.51. The fraction of sp³-hybridized carbons (Fsp3) is 0.833. The lowest BCUT2D eigenvalue weighted by atomic mass is 10.1. The number of carbonyl (C=O) groups is 2. The number of hydrogen-bond acceptors (Lipinski definition) is 5. The van der Waals surface area contributed by atoms with E-state index in [2.05, 4.69) is 5.32 Å². The first-order valence-corrected chi connectivity index (χ1v) is 8.22. The number of carbonyl (C=O) groups excluding carboxylic acids is 2. The Morgan fingerprint density at radius 1 is 1.21 bits per heavy atom. The summed E-state index contributed by atoms with van der Waals surface area (Å²) in [5.41, 5.74) is 0. The molecule has 1 N–H and O–H groups in total. The van der Waals surface area contributed by atoms with E-state index in [4.69, 9.17) is 4.74 Å². The van der Waals surface area contributed by atoms with Crippen LogP contribution in [0.2, 0.25) is 0 Å². The lowest BCUT2D eigenvalue weighted by Crippen LogP contribution is -2.45. The molecule has 6 nitrogen and oxygen atoms in total. The quantitative estimate of drug-likeness (QED) is 0.588. The van der Waals surface area contributed by atoms with Crippen LogP contribution in [-0.2, 0) is 24.2 Å². The molecule has 2 aliphatic heterocycles. The van der Waals surface area contributed by atoms with Crippen molar-refractivity contribution in [2.45, 2.75) is 55.6 Å². The van der Waals surface area contributed by atoms with Gasteiger partial charge in [0.15, 0.2) is 9.84 Å². The van der Waals surface area contributed by atoms with Crippen molar-refractivity contribution >= 4 is 21.7 Å². The van der Waals surface area contributed by atoms with Gasteiger partial charge in [-0.05, 0) is 32.6 Å². The van der Waals surface area contributed by atoms with Gasteiger partial charge in [0.25, 0.3) is 0 Å². The van der Waals surface area contributed by atoms with Gasteiger partial charge < -0.3 is 10.1 Å². The predicted molar refractivity (Wildman–Crippen MR) is 68.1 cm³/mol. The van der Waals surface area contributed by atoms with Crippen LogP contribution in [0.5, 0.6) is 0 Å². The Hall–Kier alpha value is -1.11. The summed E-state index contributed by atoms with van der Waals surface area (Å²) >= 11 is 0. The van der Waals surface area contributed by atoms with E-state index in [1.165, 1.54) is 0 Å². The largest absolute Gasteiger partial charge is 0.466 e. The van der Waals surface area contributed by atoms with Crippen molar-refractivity contribution in [1.29, 1.82) is 0 Å². The third-order valence-corrected chi connectivity index (χ3v) is 6.52. The molecule has 2 bridgehead atoms. The molecule has 0 aromatic heterocycles. The molecule has 0 radical (unpaired) electrons. The van der Waals surface area contributed by atoms with E-state index in [0.29, 0.717) is 25.7 Å². The maximum atomic E-state index is 11.9. The monoisotopic (exact) mass is 289 g/mol. The third-order valence-electron chi connectivity index (χ3n) is 3.81. The molecule has 0 aromatic carbocycles. The number of amides is 1. The van der Waals surface area contributed by atoms with Gasteiger partial charge in [-0.2, -0.15) is 0 Å². The number of nitrogens with one attached hydrogen (secondary N) is 1. The molecule has 0 spiro atoms. The Balaban J connectivity index is 1.86. The van der Waals surface area contributed by atoms with E-state index in [1.807, 2.05) is 0 Å². The molecule has 2 fully saturated rings. The summed E-state index contributed by atoms with van der Waals surface area (Å²) in [5.74, 6) is -0.937. The standard InChI is InChI=1S/C12H19NO5S/c1-2-18-12(15)7-11(14)13-8-5-9-3-4-10(6-8)19(9,16)17/h8-10H,2-7H2,1H3,(H,13,14). The van der Waals surface area contributed by atoms with E-state index in [-0.39, 0.29) is 35.5 Å². The number of rotatable bonds is 4. The minimum absolute atomic E-state index is 0.136. The average molecular weight is 289 g/mol. The number of hydrogen-bond donors (Lipinski definition) is 1. The first-order chi connectivity index (χ1) is 8.93. The number of esters is 1. The maximum Gasteiger partial charge on any atom is 0.315 e. The molecular weight excluding hydrogens is 270 g/mol. The van der Waals surface area contributed by atoms with Crippen molar-refractivity contribution in [3.05, 3.63) is 0 Å². The molecule has 0 saturated carbocycles. The molecule has 1 amide bonds. The van der Waals surface area contributed by atoms with Crippen LogP contribution >= 0.6 is 0 Å². The summed E-state index contributed by atoms with van der Waals surface area (Å²) in [6.45, 7) is 1.93. The van der Waals surface area contributed by atoms with Gasteiger partial charge in [0.1, 0.15) is 6.42 Å². The highest BCUT2D eigenvalue weighted by atomic mass is 32.2.